The van der Waals surface area contributed by atoms with Gasteiger partial charge in [0.1, 0.15) is 5.75 Å². The van der Waals surface area contributed by atoms with Crippen molar-refractivity contribution in [2.24, 2.45) is 0 Å². The largest absolute Gasteiger partial charge is 0.293 e. The first kappa shape index (κ1) is 14.3. The van der Waals surface area contributed by atoms with E-state index in [2.05, 4.69) is 0 Å². The Morgan fingerprint density at radius 3 is 2.68 bits per heavy atom. The summed E-state index contributed by atoms with van der Waals surface area (Å²) in [6, 6.07) is 5.61. The van der Waals surface area contributed by atoms with E-state index < -0.39 is 9.84 Å². The lowest BCUT2D eigenvalue weighted by atomic mass is 10.0. The van der Waals surface area contributed by atoms with Gasteiger partial charge in [-0.1, -0.05) is 25.5 Å². The van der Waals surface area contributed by atoms with Gasteiger partial charge in [-0.2, -0.15) is 0 Å². The molecule has 0 bridgehead atoms. The first-order chi connectivity index (χ1) is 9.02. The summed E-state index contributed by atoms with van der Waals surface area (Å²) in [5.74, 6) is -0.516. The fourth-order valence-corrected chi connectivity index (χ4v) is 3.90. The van der Waals surface area contributed by atoms with E-state index in [0.717, 1.165) is 25.7 Å². The summed E-state index contributed by atoms with van der Waals surface area (Å²) in [6.45, 7) is 1.94. The second-order valence-corrected chi connectivity index (χ2v) is 7.39. The molecule has 0 N–H and O–H groups in total. The average Bonchev–Trinajstić information content (AvgIpc) is 2.83. The molecule has 0 spiro atoms. The number of carbonyl (C=O) groups excluding carboxylic acids is 1. The Bertz CT molecular complexity index is 573. The standard InChI is InChI=1S/C15H20O3S/c1-2-3-9-19(17,18)11-15(16)14-8-7-12-5-4-6-13(12)10-14/h7-8,10H,2-6,9,11H2,1H3. The highest BCUT2D eigenvalue weighted by atomic mass is 32.2. The first-order valence-corrected chi connectivity index (χ1v) is 8.69. The molecule has 1 aliphatic rings. The number of sulfone groups is 1. The van der Waals surface area contributed by atoms with Crippen molar-refractivity contribution in [2.75, 3.05) is 11.5 Å². The molecule has 0 fully saturated rings. The van der Waals surface area contributed by atoms with E-state index >= 15 is 0 Å². The zero-order chi connectivity index (χ0) is 13.9. The van der Waals surface area contributed by atoms with Gasteiger partial charge in [0.05, 0.1) is 5.75 Å². The van der Waals surface area contributed by atoms with Crippen molar-refractivity contribution in [1.29, 1.82) is 0 Å². The number of rotatable bonds is 6. The number of ketones is 1. The van der Waals surface area contributed by atoms with Crippen LogP contribution in [0.2, 0.25) is 0 Å². The van der Waals surface area contributed by atoms with Gasteiger partial charge in [0.15, 0.2) is 15.6 Å². The van der Waals surface area contributed by atoms with E-state index in [0.29, 0.717) is 12.0 Å². The number of benzene rings is 1. The minimum atomic E-state index is -3.25. The smallest absolute Gasteiger partial charge is 0.177 e. The Morgan fingerprint density at radius 2 is 1.95 bits per heavy atom. The molecule has 0 amide bonds. The molecule has 0 saturated heterocycles. The molecule has 0 saturated carbocycles. The van der Waals surface area contributed by atoms with Crippen molar-refractivity contribution in [1.82, 2.24) is 0 Å². The number of hydrogen-bond donors (Lipinski definition) is 0. The number of Topliss-reactive ketones (excluding diaryl/α,β-unsaturated/α-hetero) is 1. The van der Waals surface area contributed by atoms with Gasteiger partial charge < -0.3 is 0 Å². The van der Waals surface area contributed by atoms with Crippen LogP contribution in [0.25, 0.3) is 0 Å². The van der Waals surface area contributed by atoms with Gasteiger partial charge in [0, 0.05) is 5.56 Å². The van der Waals surface area contributed by atoms with Crippen LogP contribution in [0.15, 0.2) is 18.2 Å². The maximum atomic E-state index is 12.0. The van der Waals surface area contributed by atoms with Crippen molar-refractivity contribution < 1.29 is 13.2 Å². The molecule has 4 heteroatoms. The van der Waals surface area contributed by atoms with Gasteiger partial charge in [-0.15, -0.1) is 0 Å². The minimum Gasteiger partial charge on any atom is -0.293 e. The van der Waals surface area contributed by atoms with E-state index in [9.17, 15) is 13.2 Å². The summed E-state index contributed by atoms with van der Waals surface area (Å²) < 4.78 is 23.6. The van der Waals surface area contributed by atoms with Crippen LogP contribution in [-0.4, -0.2) is 25.7 Å². The first-order valence-electron chi connectivity index (χ1n) is 6.87. The fourth-order valence-electron chi connectivity index (χ4n) is 2.46. The molecule has 2 rings (SSSR count). The molecule has 0 heterocycles. The van der Waals surface area contributed by atoms with Gasteiger partial charge in [-0.05, 0) is 42.9 Å². The zero-order valence-electron chi connectivity index (χ0n) is 11.3. The monoisotopic (exact) mass is 280 g/mol. The summed E-state index contributed by atoms with van der Waals surface area (Å²) in [6.07, 6.45) is 4.64. The quantitative estimate of drug-likeness (QED) is 0.753. The van der Waals surface area contributed by atoms with E-state index in [1.807, 2.05) is 19.1 Å². The van der Waals surface area contributed by atoms with Gasteiger partial charge in [0.25, 0.3) is 0 Å². The van der Waals surface area contributed by atoms with Crippen molar-refractivity contribution >= 4 is 15.6 Å². The third kappa shape index (κ3) is 3.66. The van der Waals surface area contributed by atoms with Crippen LogP contribution in [0.4, 0.5) is 0 Å². The van der Waals surface area contributed by atoms with Crippen LogP contribution in [0, 0.1) is 0 Å². The average molecular weight is 280 g/mol. The Morgan fingerprint density at radius 1 is 1.21 bits per heavy atom. The molecule has 104 valence electrons. The van der Waals surface area contributed by atoms with Gasteiger partial charge in [-0.25, -0.2) is 8.42 Å². The maximum Gasteiger partial charge on any atom is 0.177 e. The lowest BCUT2D eigenvalue weighted by molar-refractivity contribution is 0.102. The molecule has 3 nitrogen and oxygen atoms in total. The topological polar surface area (TPSA) is 51.2 Å². The third-order valence-corrected chi connectivity index (χ3v) is 5.19. The second kappa shape index (κ2) is 5.87. The molecule has 1 aromatic carbocycles. The molecule has 0 aliphatic heterocycles. The Hall–Kier alpha value is -1.16. The van der Waals surface area contributed by atoms with Crippen LogP contribution >= 0.6 is 0 Å². The van der Waals surface area contributed by atoms with Gasteiger partial charge in [0.2, 0.25) is 0 Å². The van der Waals surface area contributed by atoms with E-state index in [-0.39, 0.29) is 17.3 Å². The second-order valence-electron chi connectivity index (χ2n) is 5.21. The summed E-state index contributed by atoms with van der Waals surface area (Å²) in [5.41, 5.74) is 3.04. The van der Waals surface area contributed by atoms with Crippen molar-refractivity contribution in [3.05, 3.63) is 34.9 Å². The van der Waals surface area contributed by atoms with Crippen LogP contribution in [-0.2, 0) is 22.7 Å². The number of unbranched alkanes of at least 4 members (excludes halogenated alkanes) is 1. The molecule has 0 radical (unpaired) electrons. The van der Waals surface area contributed by atoms with Gasteiger partial charge in [-0.3, -0.25) is 4.79 Å². The Balaban J connectivity index is 2.08. The number of carbonyl (C=O) groups is 1. The zero-order valence-corrected chi connectivity index (χ0v) is 12.1. The predicted octanol–water partition coefficient (Wildman–Crippen LogP) is 2.57. The maximum absolute atomic E-state index is 12.0. The van der Waals surface area contributed by atoms with E-state index in [4.69, 9.17) is 0 Å². The van der Waals surface area contributed by atoms with E-state index in [1.165, 1.54) is 11.1 Å². The van der Waals surface area contributed by atoms with Crippen molar-refractivity contribution in [3.8, 4) is 0 Å². The van der Waals surface area contributed by atoms with Crippen LogP contribution in [0.5, 0.6) is 0 Å². The van der Waals surface area contributed by atoms with Crippen molar-refractivity contribution in [3.63, 3.8) is 0 Å². The highest BCUT2D eigenvalue weighted by Gasteiger charge is 2.19. The highest BCUT2D eigenvalue weighted by Crippen LogP contribution is 2.23. The highest BCUT2D eigenvalue weighted by molar-refractivity contribution is 7.92. The summed E-state index contributed by atoms with van der Waals surface area (Å²) in [7, 11) is -3.25. The minimum absolute atomic E-state index is 0.111. The number of hydrogen-bond acceptors (Lipinski definition) is 3. The molecule has 0 atom stereocenters. The molecule has 19 heavy (non-hydrogen) atoms. The molecular weight excluding hydrogens is 260 g/mol. The van der Waals surface area contributed by atoms with Crippen LogP contribution in [0.1, 0.15) is 47.7 Å². The van der Waals surface area contributed by atoms with Gasteiger partial charge >= 0.3 is 0 Å². The Kier molecular flexibility index (Phi) is 4.40. The Labute approximate surface area is 114 Å². The lowest BCUT2D eigenvalue weighted by Crippen LogP contribution is -2.19. The normalized spacial score (nSPS) is 14.4. The van der Waals surface area contributed by atoms with Crippen LogP contribution < -0.4 is 0 Å². The summed E-state index contributed by atoms with van der Waals surface area (Å²) in [4.78, 5) is 12.0. The molecule has 1 aliphatic carbocycles. The fraction of sp³-hybridized carbons (Fsp3) is 0.533. The molecular formula is C15H20O3S. The SMILES string of the molecule is CCCCS(=O)(=O)CC(=O)c1ccc2c(c1)CCC2. The third-order valence-electron chi connectivity index (χ3n) is 3.58. The van der Waals surface area contributed by atoms with Crippen molar-refractivity contribution in [2.45, 2.75) is 39.0 Å². The van der Waals surface area contributed by atoms with E-state index in [1.54, 1.807) is 6.07 Å². The summed E-state index contributed by atoms with van der Waals surface area (Å²) in [5, 5.41) is 0. The molecule has 0 unspecified atom stereocenters. The number of aryl methyl sites for hydroxylation is 2. The predicted molar refractivity (Wildman–Crippen MR) is 76.4 cm³/mol. The lowest BCUT2D eigenvalue weighted by Gasteiger charge is -2.05. The molecule has 0 aromatic heterocycles. The number of fused-ring (bicyclic) bond motifs is 1. The molecule has 1 aromatic rings. The van der Waals surface area contributed by atoms with Crippen LogP contribution in [0.3, 0.4) is 0 Å². The summed E-state index contributed by atoms with van der Waals surface area (Å²) >= 11 is 0.